The quantitative estimate of drug-likeness (QED) is 0.629. The molecule has 8 nitrogen and oxygen atoms in total. The van der Waals surface area contributed by atoms with Gasteiger partial charge in [0.2, 0.25) is 5.91 Å². The zero-order valence-corrected chi connectivity index (χ0v) is 16.1. The Hall–Kier alpha value is -1.91. The Bertz CT molecular complexity index is 751. The number of likely N-dealkylation sites (tertiary alicyclic amines) is 1. The van der Waals surface area contributed by atoms with Crippen LogP contribution in [0.25, 0.3) is 0 Å². The number of hydrogen-bond acceptors (Lipinski definition) is 7. The van der Waals surface area contributed by atoms with Gasteiger partial charge in [0.1, 0.15) is 11.3 Å². The third-order valence-electron chi connectivity index (χ3n) is 4.98. The van der Waals surface area contributed by atoms with Crippen LogP contribution in [0.4, 0.5) is 0 Å². The molecule has 2 aliphatic rings. The van der Waals surface area contributed by atoms with Crippen molar-refractivity contribution in [3.63, 3.8) is 0 Å². The molecule has 10 heteroatoms. The highest BCUT2D eigenvalue weighted by molar-refractivity contribution is 8.02. The molecule has 0 saturated carbocycles. The van der Waals surface area contributed by atoms with Crippen molar-refractivity contribution >= 4 is 30.4 Å². The number of aromatic carboxylic acids is 1. The van der Waals surface area contributed by atoms with Crippen LogP contribution in [0, 0.1) is 0 Å². The minimum absolute atomic E-state index is 0.0316. The van der Waals surface area contributed by atoms with Crippen LogP contribution in [0.2, 0.25) is 0 Å². The van der Waals surface area contributed by atoms with E-state index < -0.39 is 23.1 Å². The second-order valence-corrected chi connectivity index (χ2v) is 8.45. The predicted molar refractivity (Wildman–Crippen MR) is 101 cm³/mol. The maximum absolute atomic E-state index is 12.5. The zero-order valence-electron chi connectivity index (χ0n) is 15.3. The lowest BCUT2D eigenvalue weighted by Crippen LogP contribution is -2.57. The summed E-state index contributed by atoms with van der Waals surface area (Å²) >= 11 is 1.14. The van der Waals surface area contributed by atoms with E-state index in [9.17, 15) is 24.7 Å². The van der Waals surface area contributed by atoms with E-state index >= 15 is 0 Å². The molecule has 3 N–H and O–H groups in total. The molecule has 2 heterocycles. The maximum atomic E-state index is 12.5. The van der Waals surface area contributed by atoms with Crippen LogP contribution < -0.4 is 9.39 Å². The molecule has 1 aromatic rings. The van der Waals surface area contributed by atoms with E-state index in [1.54, 1.807) is 17.9 Å². The Morgan fingerprint density at radius 1 is 1.33 bits per heavy atom. The van der Waals surface area contributed by atoms with Crippen LogP contribution in [0.3, 0.4) is 0 Å². The number of fused-ring (bicyclic) bond motifs is 1. The fourth-order valence-electron chi connectivity index (χ4n) is 3.56. The Kier molecular flexibility index (Phi) is 5.59. The summed E-state index contributed by atoms with van der Waals surface area (Å²) < 4.78 is 10.4. The fourth-order valence-corrected chi connectivity index (χ4v) is 4.89. The highest BCUT2D eigenvalue weighted by Crippen LogP contribution is 2.41. The third kappa shape index (κ3) is 3.88. The smallest absolute Gasteiger partial charge is 0.443 e. The Labute approximate surface area is 161 Å². The molecule has 148 valence electrons. The molecule has 1 aromatic carbocycles. The third-order valence-corrected chi connectivity index (χ3v) is 6.46. The molecule has 1 fully saturated rings. The average molecular weight is 396 g/mol. The number of ether oxygens (including phenoxy) is 1. The van der Waals surface area contributed by atoms with Crippen LogP contribution in [0.15, 0.2) is 12.1 Å². The number of benzene rings is 1. The van der Waals surface area contributed by atoms with E-state index in [4.69, 9.17) is 9.39 Å². The summed E-state index contributed by atoms with van der Waals surface area (Å²) in [5.74, 6) is -1.33. The van der Waals surface area contributed by atoms with Crippen molar-refractivity contribution in [1.29, 1.82) is 0 Å². The zero-order chi connectivity index (χ0) is 19.8. The summed E-state index contributed by atoms with van der Waals surface area (Å²) in [6, 6.07) is 3.16. The van der Waals surface area contributed by atoms with Gasteiger partial charge < -0.3 is 29.4 Å². The van der Waals surface area contributed by atoms with Gasteiger partial charge in [-0.2, -0.15) is 11.8 Å². The van der Waals surface area contributed by atoms with Crippen LogP contribution in [0.5, 0.6) is 11.5 Å². The van der Waals surface area contributed by atoms with E-state index in [0.29, 0.717) is 5.56 Å². The van der Waals surface area contributed by atoms with Gasteiger partial charge in [-0.3, -0.25) is 4.79 Å². The highest BCUT2D eigenvalue weighted by Gasteiger charge is 2.43. The van der Waals surface area contributed by atoms with Gasteiger partial charge in [-0.1, -0.05) is 6.07 Å². The number of nitrogens with zero attached hydrogens (tertiary/aromatic N) is 1. The Balaban J connectivity index is 1.83. The molecule has 1 amide bonds. The van der Waals surface area contributed by atoms with Crippen molar-refractivity contribution in [3.05, 3.63) is 23.3 Å². The number of carboxylic acids is 1. The number of carbonyl (C=O) groups is 2. The van der Waals surface area contributed by atoms with Crippen molar-refractivity contribution in [3.8, 4) is 11.5 Å². The molecule has 0 radical (unpaired) electrons. The molecular weight excluding hydrogens is 373 g/mol. The SMILES string of the molecule is COc1ccc2c(c1C(=O)O)O[B-](O)(O)[C@@H](SC(C)C(=O)N1CCCC1)C2. The van der Waals surface area contributed by atoms with Crippen LogP contribution in [-0.2, 0) is 11.2 Å². The molecule has 27 heavy (non-hydrogen) atoms. The normalized spacial score (nSPS) is 21.9. The predicted octanol–water partition coefficient (Wildman–Crippen LogP) is 0.904. The summed E-state index contributed by atoms with van der Waals surface area (Å²) in [5, 5.41) is 29.1. The van der Waals surface area contributed by atoms with E-state index in [0.717, 1.165) is 37.7 Å². The molecular formula is C17H23BNO7S-. The summed E-state index contributed by atoms with van der Waals surface area (Å²) in [4.78, 5) is 25.9. The molecule has 0 aliphatic carbocycles. The van der Waals surface area contributed by atoms with Gasteiger partial charge >= 0.3 is 12.7 Å². The summed E-state index contributed by atoms with van der Waals surface area (Å²) in [6.07, 6.45) is 2.14. The first-order valence-corrected chi connectivity index (χ1v) is 9.84. The first-order valence-electron chi connectivity index (χ1n) is 8.90. The van der Waals surface area contributed by atoms with Gasteiger partial charge in [-0.15, -0.1) is 0 Å². The van der Waals surface area contributed by atoms with E-state index in [1.807, 2.05) is 0 Å². The molecule has 1 unspecified atom stereocenters. The molecule has 1 saturated heterocycles. The molecule has 0 bridgehead atoms. The number of rotatable bonds is 5. The van der Waals surface area contributed by atoms with Gasteiger partial charge in [-0.05, 0) is 43.0 Å². The van der Waals surface area contributed by atoms with Crippen molar-refractivity contribution in [1.82, 2.24) is 4.90 Å². The van der Waals surface area contributed by atoms with Crippen molar-refractivity contribution in [2.75, 3.05) is 20.2 Å². The van der Waals surface area contributed by atoms with E-state index in [1.165, 1.54) is 13.2 Å². The molecule has 2 aliphatic heterocycles. The van der Waals surface area contributed by atoms with Gasteiger partial charge in [0.15, 0.2) is 0 Å². The van der Waals surface area contributed by atoms with Gasteiger partial charge in [0, 0.05) is 13.1 Å². The lowest BCUT2D eigenvalue weighted by atomic mass is 9.69. The number of amides is 1. The second-order valence-electron chi connectivity index (χ2n) is 6.87. The van der Waals surface area contributed by atoms with Crippen molar-refractivity contribution in [2.24, 2.45) is 0 Å². The minimum atomic E-state index is -3.35. The van der Waals surface area contributed by atoms with Gasteiger partial charge in [0.25, 0.3) is 0 Å². The largest absolute Gasteiger partial charge is 0.669 e. The van der Waals surface area contributed by atoms with Crippen molar-refractivity contribution in [2.45, 2.75) is 36.6 Å². The number of methoxy groups -OCH3 is 1. The second kappa shape index (κ2) is 7.61. The first kappa shape index (κ1) is 19.8. The standard InChI is InChI=1S/C17H23BNO7S/c1-10(16(20)19-7-3-4-8-19)27-13-9-11-5-6-12(25-2)14(17(21)22)15(11)26-18(13,23)24/h5-6,10,13,23-24H,3-4,7-9H2,1-2H3,(H,21,22)/q-1/t10?,13-/m0/s1. The maximum Gasteiger partial charge on any atom is 0.443 e. The van der Waals surface area contributed by atoms with Gasteiger partial charge in [-0.25, -0.2) is 4.79 Å². The average Bonchev–Trinajstić information content (AvgIpc) is 3.14. The first-order chi connectivity index (χ1) is 12.7. The summed E-state index contributed by atoms with van der Waals surface area (Å²) in [5.41, 5.74) is 0.293. The lowest BCUT2D eigenvalue weighted by Gasteiger charge is -2.44. The van der Waals surface area contributed by atoms with Gasteiger partial charge in [0.05, 0.1) is 18.1 Å². The fraction of sp³-hybridized carbons (Fsp3) is 0.529. The molecule has 2 atom stereocenters. The Morgan fingerprint density at radius 2 is 2.00 bits per heavy atom. The van der Waals surface area contributed by atoms with E-state index in [2.05, 4.69) is 0 Å². The number of carbonyl (C=O) groups excluding carboxylic acids is 1. The summed E-state index contributed by atoms with van der Waals surface area (Å²) in [7, 11) is 1.33. The monoisotopic (exact) mass is 396 g/mol. The van der Waals surface area contributed by atoms with Crippen LogP contribution in [-0.4, -0.2) is 69.3 Å². The van der Waals surface area contributed by atoms with E-state index in [-0.39, 0.29) is 29.4 Å². The van der Waals surface area contributed by atoms with Crippen LogP contribution in [0.1, 0.15) is 35.7 Å². The Morgan fingerprint density at radius 3 is 2.59 bits per heavy atom. The molecule has 0 aromatic heterocycles. The molecule has 0 spiro atoms. The lowest BCUT2D eigenvalue weighted by molar-refractivity contribution is -0.129. The van der Waals surface area contributed by atoms with Crippen LogP contribution >= 0.6 is 11.8 Å². The van der Waals surface area contributed by atoms with Crippen molar-refractivity contribution < 1.29 is 34.1 Å². The number of thioether (sulfide) groups is 1. The highest BCUT2D eigenvalue weighted by atomic mass is 32.2. The number of carboxylic acid groups (broad SMARTS) is 1. The summed E-state index contributed by atoms with van der Waals surface area (Å²) in [6.45, 7) is -0.156. The minimum Gasteiger partial charge on any atom is -0.669 e. The topological polar surface area (TPSA) is 117 Å². The molecule has 3 rings (SSSR count). The number of hydrogen-bond donors (Lipinski definition) is 3.